The maximum Gasteiger partial charge on any atom is 0.0650 e. The van der Waals surface area contributed by atoms with Crippen LogP contribution in [-0.4, -0.2) is 10.7 Å². The summed E-state index contributed by atoms with van der Waals surface area (Å²) in [6.07, 6.45) is 4.89. The molecule has 92 valence electrons. The summed E-state index contributed by atoms with van der Waals surface area (Å²) in [7, 11) is 0. The van der Waals surface area contributed by atoms with Crippen LogP contribution in [0, 0.1) is 35.0 Å². The van der Waals surface area contributed by atoms with E-state index < -0.39 is 0 Å². The van der Waals surface area contributed by atoms with Gasteiger partial charge in [0, 0.05) is 0 Å². The Morgan fingerprint density at radius 1 is 1.00 bits per heavy atom. The molecule has 0 aromatic carbocycles. The Balaban J connectivity index is 1.94. The Labute approximate surface area is 99.6 Å². The first-order chi connectivity index (χ1) is 7.36. The van der Waals surface area contributed by atoms with E-state index in [2.05, 4.69) is 27.7 Å². The summed E-state index contributed by atoms with van der Waals surface area (Å²) in [5, 5.41) is 10.7. The van der Waals surface area contributed by atoms with Gasteiger partial charge in [0.2, 0.25) is 0 Å². The number of aliphatic hydroxyl groups is 1. The van der Waals surface area contributed by atoms with Crippen LogP contribution < -0.4 is 0 Å². The summed E-state index contributed by atoms with van der Waals surface area (Å²) < 4.78 is 0. The van der Waals surface area contributed by atoms with E-state index in [-0.39, 0.29) is 5.60 Å². The van der Waals surface area contributed by atoms with E-state index in [1.807, 2.05) is 0 Å². The van der Waals surface area contributed by atoms with Crippen LogP contribution in [0.5, 0.6) is 0 Å². The second-order valence-electron chi connectivity index (χ2n) is 7.59. The van der Waals surface area contributed by atoms with Crippen molar-refractivity contribution in [3.05, 3.63) is 0 Å². The number of hydrogen-bond donors (Lipinski definition) is 1. The van der Waals surface area contributed by atoms with Crippen molar-refractivity contribution in [2.45, 2.75) is 59.0 Å². The Hall–Kier alpha value is -0.0400. The molecule has 6 atom stereocenters. The van der Waals surface area contributed by atoms with Gasteiger partial charge in [0.15, 0.2) is 0 Å². The lowest BCUT2D eigenvalue weighted by Gasteiger charge is -2.35. The predicted molar refractivity (Wildman–Crippen MR) is 66.0 cm³/mol. The molecule has 1 nitrogen and oxygen atoms in total. The minimum atomic E-state index is -0.376. The molecule has 3 aliphatic carbocycles. The van der Waals surface area contributed by atoms with Gasteiger partial charge in [-0.05, 0) is 61.2 Å². The fourth-order valence-corrected chi connectivity index (χ4v) is 5.29. The Morgan fingerprint density at radius 2 is 1.69 bits per heavy atom. The number of hydrogen-bond acceptors (Lipinski definition) is 1. The molecule has 3 saturated carbocycles. The first-order valence-electron chi connectivity index (χ1n) is 7.08. The molecule has 1 unspecified atom stereocenters. The molecule has 0 bridgehead atoms. The molecule has 0 heterocycles. The van der Waals surface area contributed by atoms with Gasteiger partial charge in [0.05, 0.1) is 5.60 Å². The van der Waals surface area contributed by atoms with Crippen LogP contribution >= 0.6 is 0 Å². The second kappa shape index (κ2) is 3.04. The van der Waals surface area contributed by atoms with Crippen molar-refractivity contribution in [1.82, 2.24) is 0 Å². The van der Waals surface area contributed by atoms with Crippen LogP contribution in [-0.2, 0) is 0 Å². The summed E-state index contributed by atoms with van der Waals surface area (Å²) in [5.41, 5.74) is 0.191. The van der Waals surface area contributed by atoms with E-state index >= 15 is 0 Å². The van der Waals surface area contributed by atoms with E-state index in [9.17, 15) is 5.11 Å². The number of fused-ring (bicyclic) bond motifs is 3. The highest BCUT2D eigenvalue weighted by Gasteiger charge is 2.66. The quantitative estimate of drug-likeness (QED) is 0.665. The summed E-state index contributed by atoms with van der Waals surface area (Å²) in [4.78, 5) is 0. The lowest BCUT2D eigenvalue weighted by Crippen LogP contribution is -2.38. The Morgan fingerprint density at radius 3 is 2.38 bits per heavy atom. The zero-order valence-corrected chi connectivity index (χ0v) is 11.2. The lowest BCUT2D eigenvalue weighted by molar-refractivity contribution is -0.0302. The van der Waals surface area contributed by atoms with E-state index in [0.717, 1.165) is 30.1 Å². The average Bonchev–Trinajstić information content (AvgIpc) is 2.51. The third-order valence-electron chi connectivity index (χ3n) is 6.37. The fourth-order valence-electron chi connectivity index (χ4n) is 5.29. The first-order valence-corrected chi connectivity index (χ1v) is 7.08. The number of rotatable bonds is 0. The molecule has 0 radical (unpaired) electrons. The summed E-state index contributed by atoms with van der Waals surface area (Å²) in [6.45, 7) is 9.41. The molecule has 0 aromatic heterocycles. The highest BCUT2D eigenvalue weighted by Crippen LogP contribution is 2.71. The average molecular weight is 222 g/mol. The van der Waals surface area contributed by atoms with Crippen molar-refractivity contribution in [1.29, 1.82) is 0 Å². The van der Waals surface area contributed by atoms with E-state index in [0.29, 0.717) is 11.3 Å². The van der Waals surface area contributed by atoms with Crippen molar-refractivity contribution in [2.24, 2.45) is 35.0 Å². The predicted octanol–water partition coefficient (Wildman–Crippen LogP) is 3.47. The molecule has 0 aliphatic heterocycles. The maximum atomic E-state index is 10.7. The molecule has 1 N–H and O–H groups in total. The molecular weight excluding hydrogens is 196 g/mol. The standard InChI is InChI=1S/C15H26O/c1-9-5-6-10-12(9)13-11(14(13,2)3)7-8-15(10,4)16/h9-13,16H,5-8H2,1-4H3/t9-,10-,11+,12?,13+,15-/m1/s1. The van der Waals surface area contributed by atoms with Crippen LogP contribution in [0.3, 0.4) is 0 Å². The summed E-state index contributed by atoms with van der Waals surface area (Å²) in [6, 6.07) is 0. The highest BCUT2D eigenvalue weighted by molar-refractivity contribution is 5.14. The summed E-state index contributed by atoms with van der Waals surface area (Å²) >= 11 is 0. The molecule has 0 saturated heterocycles. The molecule has 3 aliphatic rings. The smallest absolute Gasteiger partial charge is 0.0650 e. The van der Waals surface area contributed by atoms with Crippen molar-refractivity contribution < 1.29 is 5.11 Å². The minimum Gasteiger partial charge on any atom is -0.390 e. The normalized spacial score (nSPS) is 58.7. The molecular formula is C15H26O. The van der Waals surface area contributed by atoms with Crippen molar-refractivity contribution >= 4 is 0 Å². The van der Waals surface area contributed by atoms with Gasteiger partial charge in [-0.3, -0.25) is 0 Å². The fraction of sp³-hybridized carbons (Fsp3) is 1.00. The monoisotopic (exact) mass is 222 g/mol. The third-order valence-corrected chi connectivity index (χ3v) is 6.37. The van der Waals surface area contributed by atoms with Crippen LogP contribution in [0.25, 0.3) is 0 Å². The van der Waals surface area contributed by atoms with Gasteiger partial charge in [-0.25, -0.2) is 0 Å². The van der Waals surface area contributed by atoms with Gasteiger partial charge in [-0.2, -0.15) is 0 Å². The minimum absolute atomic E-state index is 0.376. The van der Waals surface area contributed by atoms with Crippen molar-refractivity contribution in [3.8, 4) is 0 Å². The maximum absolute atomic E-state index is 10.7. The topological polar surface area (TPSA) is 20.2 Å². The molecule has 3 fully saturated rings. The molecule has 3 rings (SSSR count). The zero-order valence-electron chi connectivity index (χ0n) is 11.2. The van der Waals surface area contributed by atoms with E-state index in [1.165, 1.54) is 19.3 Å². The SMILES string of the molecule is C[C@@H]1CC[C@@H]2C1[C@@H]1[C@H](CC[C@@]2(C)O)C1(C)C. The molecule has 16 heavy (non-hydrogen) atoms. The van der Waals surface area contributed by atoms with Gasteiger partial charge in [0.1, 0.15) is 0 Å². The Kier molecular flexibility index (Phi) is 2.11. The highest BCUT2D eigenvalue weighted by atomic mass is 16.3. The van der Waals surface area contributed by atoms with Crippen LogP contribution in [0.15, 0.2) is 0 Å². The first kappa shape index (κ1) is 11.1. The van der Waals surface area contributed by atoms with E-state index in [1.54, 1.807) is 0 Å². The van der Waals surface area contributed by atoms with Crippen molar-refractivity contribution in [2.75, 3.05) is 0 Å². The van der Waals surface area contributed by atoms with Gasteiger partial charge >= 0.3 is 0 Å². The van der Waals surface area contributed by atoms with Crippen LogP contribution in [0.4, 0.5) is 0 Å². The van der Waals surface area contributed by atoms with Gasteiger partial charge in [0.25, 0.3) is 0 Å². The van der Waals surface area contributed by atoms with Gasteiger partial charge < -0.3 is 5.11 Å². The van der Waals surface area contributed by atoms with Crippen molar-refractivity contribution in [3.63, 3.8) is 0 Å². The zero-order chi connectivity index (χ0) is 11.7. The second-order valence-corrected chi connectivity index (χ2v) is 7.59. The summed E-state index contributed by atoms with van der Waals surface area (Å²) in [5.74, 6) is 4.03. The third kappa shape index (κ3) is 1.27. The van der Waals surface area contributed by atoms with Gasteiger partial charge in [-0.15, -0.1) is 0 Å². The lowest BCUT2D eigenvalue weighted by atomic mass is 9.74. The van der Waals surface area contributed by atoms with Crippen LogP contribution in [0.1, 0.15) is 53.4 Å². The molecule has 1 heteroatoms. The molecule has 0 aromatic rings. The van der Waals surface area contributed by atoms with Crippen LogP contribution in [0.2, 0.25) is 0 Å². The molecule has 0 spiro atoms. The largest absolute Gasteiger partial charge is 0.390 e. The molecule has 0 amide bonds. The van der Waals surface area contributed by atoms with Gasteiger partial charge in [-0.1, -0.05) is 27.2 Å². The van der Waals surface area contributed by atoms with E-state index in [4.69, 9.17) is 0 Å². The Bertz CT molecular complexity index is 305.